The van der Waals surface area contributed by atoms with Crippen molar-refractivity contribution in [2.75, 3.05) is 19.6 Å². The molecule has 4 heteroatoms. The molecule has 1 N–H and O–H groups in total. The van der Waals surface area contributed by atoms with E-state index < -0.39 is 0 Å². The molecule has 0 aromatic carbocycles. The molecule has 20 heavy (non-hydrogen) atoms. The van der Waals surface area contributed by atoms with Gasteiger partial charge in [-0.25, -0.2) is 0 Å². The minimum absolute atomic E-state index is 0.0419. The molecular formula is C16H33N3O. The number of carbonyl (C=O) groups is 1. The van der Waals surface area contributed by atoms with E-state index in [1.54, 1.807) is 0 Å². The summed E-state index contributed by atoms with van der Waals surface area (Å²) in [6.45, 7) is 14.2. The number of rotatable bonds is 9. The molecule has 1 aliphatic heterocycles. The molecule has 1 saturated heterocycles. The van der Waals surface area contributed by atoms with Gasteiger partial charge in [0.25, 0.3) is 0 Å². The van der Waals surface area contributed by atoms with Crippen LogP contribution in [0.5, 0.6) is 0 Å². The number of carbonyl (C=O) groups excluding carboxylic acids is 1. The lowest BCUT2D eigenvalue weighted by molar-refractivity contribution is -0.132. The van der Waals surface area contributed by atoms with Crippen molar-refractivity contribution in [1.82, 2.24) is 15.1 Å². The molecule has 118 valence electrons. The van der Waals surface area contributed by atoms with Gasteiger partial charge in [-0.1, -0.05) is 27.2 Å². The maximum atomic E-state index is 12.4. The monoisotopic (exact) mass is 283 g/mol. The molecular weight excluding hydrogens is 250 g/mol. The number of amides is 1. The SMILES string of the molecule is CCCC1NC(C)N(C(C)CCCN(CC)CC)C1=O. The molecule has 0 aromatic heterocycles. The molecule has 0 radical (unpaired) electrons. The Morgan fingerprint density at radius 3 is 2.50 bits per heavy atom. The molecule has 0 spiro atoms. The fourth-order valence-electron chi connectivity index (χ4n) is 3.20. The van der Waals surface area contributed by atoms with Crippen LogP contribution in [-0.2, 0) is 4.79 Å². The summed E-state index contributed by atoms with van der Waals surface area (Å²) in [4.78, 5) is 16.9. The Hall–Kier alpha value is -0.610. The Kier molecular flexibility index (Phi) is 7.52. The second-order valence-electron chi connectivity index (χ2n) is 5.95. The predicted octanol–water partition coefficient (Wildman–Crippen LogP) is 2.44. The van der Waals surface area contributed by atoms with Crippen molar-refractivity contribution in [3.05, 3.63) is 0 Å². The third kappa shape index (κ3) is 4.45. The van der Waals surface area contributed by atoms with Gasteiger partial charge in [0.05, 0.1) is 12.2 Å². The standard InChI is InChI=1S/C16H33N3O/c1-6-10-15-16(20)19(14(5)17-15)13(4)11-9-12-18(7-2)8-3/h13-15,17H,6-12H2,1-5H3. The van der Waals surface area contributed by atoms with Crippen LogP contribution < -0.4 is 5.32 Å². The Labute approximate surface area is 124 Å². The minimum atomic E-state index is 0.0419. The van der Waals surface area contributed by atoms with E-state index in [1.807, 2.05) is 0 Å². The summed E-state index contributed by atoms with van der Waals surface area (Å²) in [5.41, 5.74) is 0. The molecule has 0 saturated carbocycles. The van der Waals surface area contributed by atoms with Crippen LogP contribution in [0.4, 0.5) is 0 Å². The van der Waals surface area contributed by atoms with Gasteiger partial charge >= 0.3 is 0 Å². The number of hydrogen-bond acceptors (Lipinski definition) is 3. The zero-order valence-corrected chi connectivity index (χ0v) is 14.0. The van der Waals surface area contributed by atoms with Gasteiger partial charge < -0.3 is 9.80 Å². The van der Waals surface area contributed by atoms with E-state index >= 15 is 0 Å². The highest BCUT2D eigenvalue weighted by atomic mass is 16.2. The van der Waals surface area contributed by atoms with E-state index in [-0.39, 0.29) is 12.2 Å². The van der Waals surface area contributed by atoms with Crippen LogP contribution in [0.15, 0.2) is 0 Å². The van der Waals surface area contributed by atoms with Crippen molar-refractivity contribution in [2.45, 2.75) is 78.6 Å². The van der Waals surface area contributed by atoms with Gasteiger partial charge in [0.1, 0.15) is 0 Å². The molecule has 3 unspecified atom stereocenters. The first kappa shape index (κ1) is 17.4. The molecule has 1 rings (SSSR count). The maximum Gasteiger partial charge on any atom is 0.241 e. The summed E-state index contributed by atoms with van der Waals surface area (Å²) in [5, 5.41) is 3.42. The fraction of sp³-hybridized carbons (Fsp3) is 0.938. The first-order valence-electron chi connectivity index (χ1n) is 8.35. The summed E-state index contributed by atoms with van der Waals surface area (Å²) in [7, 11) is 0. The van der Waals surface area contributed by atoms with Crippen LogP contribution in [0.2, 0.25) is 0 Å². The van der Waals surface area contributed by atoms with Crippen molar-refractivity contribution in [1.29, 1.82) is 0 Å². The average molecular weight is 283 g/mol. The number of nitrogens with one attached hydrogen (secondary N) is 1. The Bertz CT molecular complexity index is 291. The zero-order chi connectivity index (χ0) is 15.1. The van der Waals surface area contributed by atoms with Gasteiger partial charge in [0.2, 0.25) is 5.91 Å². The maximum absolute atomic E-state index is 12.4. The van der Waals surface area contributed by atoms with Crippen LogP contribution in [-0.4, -0.2) is 53.6 Å². The van der Waals surface area contributed by atoms with Crippen molar-refractivity contribution in [3.63, 3.8) is 0 Å². The third-order valence-corrected chi connectivity index (χ3v) is 4.46. The van der Waals surface area contributed by atoms with Gasteiger partial charge in [0, 0.05) is 6.04 Å². The molecule has 1 fully saturated rings. The lowest BCUT2D eigenvalue weighted by Gasteiger charge is -2.29. The normalized spacial score (nSPS) is 24.7. The molecule has 1 heterocycles. The van der Waals surface area contributed by atoms with Crippen molar-refractivity contribution >= 4 is 5.91 Å². The summed E-state index contributed by atoms with van der Waals surface area (Å²) in [5.74, 6) is 0.301. The molecule has 4 nitrogen and oxygen atoms in total. The Balaban J connectivity index is 2.42. The van der Waals surface area contributed by atoms with E-state index in [0.717, 1.165) is 45.3 Å². The van der Waals surface area contributed by atoms with Crippen LogP contribution in [0.1, 0.15) is 60.3 Å². The lowest BCUT2D eigenvalue weighted by atomic mass is 10.1. The highest BCUT2D eigenvalue weighted by Gasteiger charge is 2.37. The highest BCUT2D eigenvalue weighted by molar-refractivity contribution is 5.84. The number of hydrogen-bond donors (Lipinski definition) is 1. The average Bonchev–Trinajstić information content (AvgIpc) is 2.70. The molecule has 3 atom stereocenters. The Morgan fingerprint density at radius 1 is 1.30 bits per heavy atom. The lowest BCUT2D eigenvalue weighted by Crippen LogP contribution is -2.41. The summed E-state index contributed by atoms with van der Waals surface area (Å²) in [6.07, 6.45) is 4.44. The van der Waals surface area contributed by atoms with Crippen molar-refractivity contribution in [2.24, 2.45) is 0 Å². The van der Waals surface area contributed by atoms with E-state index in [1.165, 1.54) is 0 Å². The predicted molar refractivity (Wildman–Crippen MR) is 84.6 cm³/mol. The van der Waals surface area contributed by atoms with Gasteiger partial charge in [-0.15, -0.1) is 0 Å². The molecule has 0 bridgehead atoms. The van der Waals surface area contributed by atoms with Crippen molar-refractivity contribution < 1.29 is 4.79 Å². The first-order valence-corrected chi connectivity index (χ1v) is 8.35. The van der Waals surface area contributed by atoms with E-state index in [4.69, 9.17) is 0 Å². The summed E-state index contributed by atoms with van der Waals surface area (Å²) < 4.78 is 0. The second kappa shape index (κ2) is 8.63. The molecule has 0 aliphatic carbocycles. The molecule has 1 aliphatic rings. The fourth-order valence-corrected chi connectivity index (χ4v) is 3.20. The summed E-state index contributed by atoms with van der Waals surface area (Å²) in [6, 6.07) is 0.377. The van der Waals surface area contributed by atoms with Crippen molar-refractivity contribution in [3.8, 4) is 0 Å². The van der Waals surface area contributed by atoms with Crippen LogP contribution >= 0.6 is 0 Å². The minimum Gasteiger partial charge on any atom is -0.323 e. The quantitative estimate of drug-likeness (QED) is 0.706. The van der Waals surface area contributed by atoms with Crippen LogP contribution in [0, 0.1) is 0 Å². The Morgan fingerprint density at radius 2 is 1.95 bits per heavy atom. The smallest absolute Gasteiger partial charge is 0.241 e. The summed E-state index contributed by atoms with van der Waals surface area (Å²) >= 11 is 0. The van der Waals surface area contributed by atoms with Crippen LogP contribution in [0.25, 0.3) is 0 Å². The largest absolute Gasteiger partial charge is 0.323 e. The van der Waals surface area contributed by atoms with Gasteiger partial charge in [-0.2, -0.15) is 0 Å². The topological polar surface area (TPSA) is 35.6 Å². The van der Waals surface area contributed by atoms with Gasteiger partial charge in [0.15, 0.2) is 0 Å². The van der Waals surface area contributed by atoms with Gasteiger partial charge in [-0.3, -0.25) is 10.1 Å². The van der Waals surface area contributed by atoms with Gasteiger partial charge in [-0.05, 0) is 52.7 Å². The first-order chi connectivity index (χ1) is 9.54. The highest BCUT2D eigenvalue weighted by Crippen LogP contribution is 2.20. The zero-order valence-electron chi connectivity index (χ0n) is 14.0. The van der Waals surface area contributed by atoms with E-state index in [2.05, 4.69) is 49.7 Å². The third-order valence-electron chi connectivity index (χ3n) is 4.46. The molecule has 1 amide bonds. The van der Waals surface area contributed by atoms with E-state index in [0.29, 0.717) is 11.9 Å². The number of nitrogens with zero attached hydrogens (tertiary/aromatic N) is 2. The second-order valence-corrected chi connectivity index (χ2v) is 5.95. The van der Waals surface area contributed by atoms with E-state index in [9.17, 15) is 4.79 Å². The molecule has 0 aromatic rings. The van der Waals surface area contributed by atoms with Crippen LogP contribution in [0.3, 0.4) is 0 Å².